The minimum absolute atomic E-state index is 0.0901. The van der Waals surface area contributed by atoms with Gasteiger partial charge in [0.15, 0.2) is 11.6 Å². The van der Waals surface area contributed by atoms with Crippen LogP contribution in [0.2, 0.25) is 0 Å². The Morgan fingerprint density at radius 2 is 1.81 bits per heavy atom. The Balaban J connectivity index is 1.68. The average Bonchev–Trinajstić information content (AvgIpc) is 2.77. The molecular formula is C21H22FN5O5. The number of benzene rings is 2. The third-order valence-corrected chi connectivity index (χ3v) is 4.04. The van der Waals surface area contributed by atoms with Crippen LogP contribution in [0.5, 0.6) is 5.75 Å². The largest absolute Gasteiger partial charge is 0.491 e. The van der Waals surface area contributed by atoms with Gasteiger partial charge in [-0.25, -0.2) is 9.37 Å². The SMILES string of the molecule is COCCOc1ccc(Nc2ncc(F)c(Nc3cccc(NC(=O)C(O)O)c3)n2)cc1. The lowest BCUT2D eigenvalue weighted by molar-refractivity contribution is -0.141. The second-order valence-corrected chi connectivity index (χ2v) is 6.45. The molecule has 10 nitrogen and oxygen atoms in total. The summed E-state index contributed by atoms with van der Waals surface area (Å²) in [5, 5.41) is 25.9. The second-order valence-electron chi connectivity index (χ2n) is 6.45. The van der Waals surface area contributed by atoms with E-state index in [4.69, 9.17) is 19.7 Å². The Kier molecular flexibility index (Phi) is 7.86. The number of aromatic nitrogens is 2. The number of aliphatic hydroxyl groups excluding tert-OH is 1. The molecule has 1 aromatic heterocycles. The molecule has 2 aromatic carbocycles. The second kappa shape index (κ2) is 11.0. The molecule has 0 saturated heterocycles. The molecule has 0 spiro atoms. The average molecular weight is 443 g/mol. The van der Waals surface area contributed by atoms with Crippen LogP contribution in [0.4, 0.5) is 33.2 Å². The van der Waals surface area contributed by atoms with Crippen LogP contribution >= 0.6 is 0 Å². The number of methoxy groups -OCH3 is 1. The Morgan fingerprint density at radius 3 is 2.53 bits per heavy atom. The van der Waals surface area contributed by atoms with E-state index in [9.17, 15) is 9.18 Å². The standard InChI is InChI=1S/C21H22FN5O5/c1-31-9-10-32-16-7-5-13(6-8-16)26-21-23-12-17(22)18(27-21)24-14-3-2-4-15(11-14)25-19(28)20(29)30/h2-8,11-12,20,29-30H,9-10H2,1H3,(H,25,28)(H2,23,24,26,27). The van der Waals surface area contributed by atoms with Crippen LogP contribution in [0.25, 0.3) is 0 Å². The topological polar surface area (TPSA) is 138 Å². The third kappa shape index (κ3) is 6.60. The first-order valence-corrected chi connectivity index (χ1v) is 9.50. The number of rotatable bonds is 10. The van der Waals surface area contributed by atoms with Gasteiger partial charge in [0.2, 0.25) is 12.2 Å². The van der Waals surface area contributed by atoms with Crippen LogP contribution in [-0.2, 0) is 9.53 Å². The van der Waals surface area contributed by atoms with Crippen LogP contribution in [0.1, 0.15) is 0 Å². The number of hydrogen-bond acceptors (Lipinski definition) is 9. The van der Waals surface area contributed by atoms with E-state index in [2.05, 4.69) is 25.9 Å². The third-order valence-electron chi connectivity index (χ3n) is 4.04. The van der Waals surface area contributed by atoms with Crippen molar-refractivity contribution in [3.63, 3.8) is 0 Å². The zero-order valence-corrected chi connectivity index (χ0v) is 17.1. The van der Waals surface area contributed by atoms with E-state index >= 15 is 0 Å². The van der Waals surface area contributed by atoms with Gasteiger partial charge in [0, 0.05) is 24.2 Å². The van der Waals surface area contributed by atoms with Gasteiger partial charge >= 0.3 is 0 Å². The number of anilines is 5. The molecule has 3 aromatic rings. The molecular weight excluding hydrogens is 421 g/mol. The van der Waals surface area contributed by atoms with Crippen molar-refractivity contribution < 1.29 is 28.9 Å². The van der Waals surface area contributed by atoms with Crippen LogP contribution in [0.15, 0.2) is 54.7 Å². The van der Waals surface area contributed by atoms with Crippen molar-refractivity contribution in [1.29, 1.82) is 0 Å². The van der Waals surface area contributed by atoms with Gasteiger partial charge in [-0.1, -0.05) is 6.07 Å². The molecule has 168 valence electrons. The summed E-state index contributed by atoms with van der Waals surface area (Å²) in [5.74, 6) is -0.923. The lowest BCUT2D eigenvalue weighted by Crippen LogP contribution is -2.26. The number of carbonyl (C=O) groups is 1. The van der Waals surface area contributed by atoms with Crippen molar-refractivity contribution in [2.45, 2.75) is 6.29 Å². The van der Waals surface area contributed by atoms with Crippen LogP contribution < -0.4 is 20.7 Å². The van der Waals surface area contributed by atoms with Crippen molar-refractivity contribution in [2.75, 3.05) is 36.3 Å². The first-order valence-electron chi connectivity index (χ1n) is 9.50. The number of hydrogen-bond donors (Lipinski definition) is 5. The minimum Gasteiger partial charge on any atom is -0.491 e. The van der Waals surface area contributed by atoms with Crippen molar-refractivity contribution in [3.8, 4) is 5.75 Å². The molecule has 5 N–H and O–H groups in total. The number of amides is 1. The molecule has 0 saturated carbocycles. The maximum absolute atomic E-state index is 14.2. The molecule has 0 aliphatic carbocycles. The van der Waals surface area contributed by atoms with Gasteiger partial charge < -0.3 is 35.6 Å². The van der Waals surface area contributed by atoms with E-state index in [0.717, 1.165) is 6.20 Å². The van der Waals surface area contributed by atoms with Gasteiger partial charge in [0.25, 0.3) is 5.91 Å². The molecule has 0 unspecified atom stereocenters. The van der Waals surface area contributed by atoms with E-state index in [1.54, 1.807) is 43.5 Å². The first kappa shape index (κ1) is 22.9. The monoisotopic (exact) mass is 443 g/mol. The minimum atomic E-state index is -2.15. The predicted octanol–water partition coefficient (Wildman–Crippen LogP) is 2.38. The summed E-state index contributed by atoms with van der Waals surface area (Å²) in [5.41, 5.74) is 1.37. The lowest BCUT2D eigenvalue weighted by atomic mass is 10.2. The Morgan fingerprint density at radius 1 is 1.06 bits per heavy atom. The normalized spacial score (nSPS) is 10.7. The molecule has 0 atom stereocenters. The van der Waals surface area contributed by atoms with E-state index in [0.29, 0.717) is 30.3 Å². The number of halogens is 1. The molecule has 1 heterocycles. The van der Waals surface area contributed by atoms with Crippen LogP contribution in [0.3, 0.4) is 0 Å². The van der Waals surface area contributed by atoms with Gasteiger partial charge in [0.05, 0.1) is 12.8 Å². The first-order chi connectivity index (χ1) is 15.4. The van der Waals surface area contributed by atoms with E-state index in [1.165, 1.54) is 12.1 Å². The smallest absolute Gasteiger partial charge is 0.280 e. The summed E-state index contributed by atoms with van der Waals surface area (Å²) in [7, 11) is 1.60. The van der Waals surface area contributed by atoms with Gasteiger partial charge in [-0.15, -0.1) is 0 Å². The molecule has 0 fully saturated rings. The predicted molar refractivity (Wildman–Crippen MR) is 116 cm³/mol. The van der Waals surface area contributed by atoms with Gasteiger partial charge in [-0.2, -0.15) is 4.98 Å². The fraction of sp³-hybridized carbons (Fsp3) is 0.190. The highest BCUT2D eigenvalue weighted by Crippen LogP contribution is 2.23. The highest BCUT2D eigenvalue weighted by atomic mass is 19.1. The molecule has 32 heavy (non-hydrogen) atoms. The van der Waals surface area contributed by atoms with Gasteiger partial charge in [-0.3, -0.25) is 4.79 Å². The van der Waals surface area contributed by atoms with Gasteiger partial charge in [-0.05, 0) is 42.5 Å². The maximum atomic E-state index is 14.2. The number of nitrogens with one attached hydrogen (secondary N) is 3. The quantitative estimate of drug-likeness (QED) is 0.236. The summed E-state index contributed by atoms with van der Waals surface area (Å²) in [6.45, 7) is 0.919. The number of nitrogens with zero attached hydrogens (tertiary/aromatic N) is 2. The summed E-state index contributed by atoms with van der Waals surface area (Å²) in [4.78, 5) is 19.5. The van der Waals surface area contributed by atoms with Crippen molar-refractivity contribution in [3.05, 3.63) is 60.5 Å². The maximum Gasteiger partial charge on any atom is 0.280 e. The molecule has 11 heteroatoms. The molecule has 3 rings (SSSR count). The van der Waals surface area contributed by atoms with Crippen molar-refractivity contribution in [2.24, 2.45) is 0 Å². The highest BCUT2D eigenvalue weighted by molar-refractivity contribution is 5.93. The zero-order chi connectivity index (χ0) is 22.9. The van der Waals surface area contributed by atoms with Crippen LogP contribution in [0, 0.1) is 5.82 Å². The Hall–Kier alpha value is -3.80. The fourth-order valence-corrected chi connectivity index (χ4v) is 2.54. The summed E-state index contributed by atoms with van der Waals surface area (Å²) >= 11 is 0. The molecule has 0 aliphatic rings. The van der Waals surface area contributed by atoms with Crippen LogP contribution in [-0.4, -0.2) is 52.7 Å². The number of carbonyl (C=O) groups excluding carboxylic acids is 1. The number of ether oxygens (including phenoxy) is 2. The number of aliphatic hydroxyl groups is 2. The molecule has 1 amide bonds. The molecule has 0 radical (unpaired) electrons. The Bertz CT molecular complexity index is 1050. The zero-order valence-electron chi connectivity index (χ0n) is 17.1. The van der Waals surface area contributed by atoms with E-state index in [-0.39, 0.29) is 17.5 Å². The van der Waals surface area contributed by atoms with Crippen molar-refractivity contribution in [1.82, 2.24) is 9.97 Å². The molecule has 0 aliphatic heterocycles. The summed E-state index contributed by atoms with van der Waals surface area (Å²) < 4.78 is 24.7. The summed E-state index contributed by atoms with van der Waals surface area (Å²) in [6, 6.07) is 13.3. The summed E-state index contributed by atoms with van der Waals surface area (Å²) in [6.07, 6.45) is -1.13. The van der Waals surface area contributed by atoms with E-state index < -0.39 is 18.0 Å². The highest BCUT2D eigenvalue weighted by Gasteiger charge is 2.12. The lowest BCUT2D eigenvalue weighted by Gasteiger charge is -2.12. The Labute approximate surface area is 183 Å². The fourth-order valence-electron chi connectivity index (χ4n) is 2.54. The molecule has 0 bridgehead atoms. The van der Waals surface area contributed by atoms with Gasteiger partial charge in [0.1, 0.15) is 12.4 Å². The van der Waals surface area contributed by atoms with Crippen molar-refractivity contribution >= 4 is 34.7 Å². The van der Waals surface area contributed by atoms with E-state index in [1.807, 2.05) is 0 Å².